The number of nitrogen functional groups attached to an aromatic ring is 1. The van der Waals surface area contributed by atoms with Gasteiger partial charge in [-0.05, 0) is 43.2 Å². The Labute approximate surface area is 149 Å². The average Bonchev–Trinajstić information content (AvgIpc) is 2.55. The topological polar surface area (TPSA) is 62.7 Å². The summed E-state index contributed by atoms with van der Waals surface area (Å²) in [5, 5.41) is 9.49. The lowest BCUT2D eigenvalue weighted by Crippen LogP contribution is -2.00. The van der Waals surface area contributed by atoms with Gasteiger partial charge in [0.1, 0.15) is 17.5 Å². The number of rotatable bonds is 2. The third-order valence-corrected chi connectivity index (χ3v) is 4.50. The Morgan fingerprint density at radius 2 is 1.71 bits per heavy atom. The minimum atomic E-state index is 0.257. The molecule has 0 aliphatic rings. The third kappa shape index (κ3) is 3.04. The van der Waals surface area contributed by atoms with Crippen LogP contribution >= 0.6 is 15.9 Å². The van der Waals surface area contributed by atoms with Crippen molar-refractivity contribution in [1.29, 1.82) is 5.26 Å². The normalized spacial score (nSPS) is 10.4. The van der Waals surface area contributed by atoms with E-state index < -0.39 is 0 Å². The van der Waals surface area contributed by atoms with Crippen molar-refractivity contribution >= 4 is 21.7 Å². The molecule has 0 fully saturated rings. The highest BCUT2D eigenvalue weighted by Crippen LogP contribution is 2.33. The molecule has 1 heterocycles. The Bertz CT molecular complexity index is 954. The van der Waals surface area contributed by atoms with Crippen LogP contribution in [0.15, 0.2) is 53.0 Å². The fourth-order valence-corrected chi connectivity index (χ4v) is 3.04. The summed E-state index contributed by atoms with van der Waals surface area (Å²) in [5.74, 6) is 0.257. The molecular formula is C20H16BrN3. The van der Waals surface area contributed by atoms with E-state index in [-0.39, 0.29) is 5.82 Å². The molecule has 0 radical (unpaired) electrons. The molecule has 0 aliphatic heterocycles. The van der Waals surface area contributed by atoms with Crippen LogP contribution < -0.4 is 5.73 Å². The molecule has 118 valence electrons. The summed E-state index contributed by atoms with van der Waals surface area (Å²) in [6, 6.07) is 18.2. The molecule has 2 aromatic carbocycles. The second-order valence-corrected chi connectivity index (χ2v) is 6.67. The van der Waals surface area contributed by atoms with Crippen molar-refractivity contribution in [2.75, 3.05) is 5.73 Å². The zero-order chi connectivity index (χ0) is 17.3. The predicted molar refractivity (Wildman–Crippen MR) is 101 cm³/mol. The number of hydrogen-bond donors (Lipinski definition) is 1. The van der Waals surface area contributed by atoms with Crippen molar-refractivity contribution in [1.82, 2.24) is 4.98 Å². The van der Waals surface area contributed by atoms with Crippen molar-refractivity contribution in [2.24, 2.45) is 0 Å². The van der Waals surface area contributed by atoms with Gasteiger partial charge in [0.15, 0.2) is 0 Å². The van der Waals surface area contributed by atoms with E-state index in [9.17, 15) is 5.26 Å². The first-order valence-electron chi connectivity index (χ1n) is 7.54. The summed E-state index contributed by atoms with van der Waals surface area (Å²) in [6.45, 7) is 4.11. The lowest BCUT2D eigenvalue weighted by molar-refractivity contribution is 1.28. The molecule has 3 rings (SSSR count). The van der Waals surface area contributed by atoms with Gasteiger partial charge in [-0.2, -0.15) is 5.26 Å². The van der Waals surface area contributed by atoms with E-state index in [1.807, 2.05) is 36.4 Å². The van der Waals surface area contributed by atoms with E-state index in [0.29, 0.717) is 5.56 Å². The van der Waals surface area contributed by atoms with Crippen molar-refractivity contribution < 1.29 is 0 Å². The maximum Gasteiger partial charge on any atom is 0.142 e. The molecule has 0 spiro atoms. The standard InChI is InChI=1S/C20H16BrN3/c1-12-3-8-16(13(2)9-12)19-10-17(18(11-22)20(23)24-19)14-4-6-15(21)7-5-14/h3-10H,1-2H3,(H2,23,24). The van der Waals surface area contributed by atoms with Gasteiger partial charge in [-0.3, -0.25) is 0 Å². The molecular weight excluding hydrogens is 362 g/mol. The Balaban J connectivity index is 2.24. The molecule has 0 atom stereocenters. The molecule has 3 nitrogen and oxygen atoms in total. The number of anilines is 1. The van der Waals surface area contributed by atoms with Gasteiger partial charge in [-0.25, -0.2) is 4.98 Å². The Morgan fingerprint density at radius 1 is 1.00 bits per heavy atom. The zero-order valence-electron chi connectivity index (χ0n) is 13.5. The first-order chi connectivity index (χ1) is 11.5. The molecule has 0 aliphatic carbocycles. The van der Waals surface area contributed by atoms with Crippen LogP contribution in [0.4, 0.5) is 5.82 Å². The van der Waals surface area contributed by atoms with Gasteiger partial charge in [-0.1, -0.05) is 51.8 Å². The largest absolute Gasteiger partial charge is 0.383 e. The summed E-state index contributed by atoms with van der Waals surface area (Å²) < 4.78 is 0.987. The smallest absolute Gasteiger partial charge is 0.142 e. The number of pyridine rings is 1. The van der Waals surface area contributed by atoms with Crippen molar-refractivity contribution in [2.45, 2.75) is 13.8 Å². The molecule has 2 N–H and O–H groups in total. The van der Waals surface area contributed by atoms with Crippen LogP contribution in [0.3, 0.4) is 0 Å². The fourth-order valence-electron chi connectivity index (χ4n) is 2.78. The highest BCUT2D eigenvalue weighted by Gasteiger charge is 2.14. The van der Waals surface area contributed by atoms with E-state index in [2.05, 4.69) is 53.0 Å². The van der Waals surface area contributed by atoms with Gasteiger partial charge < -0.3 is 5.73 Å². The van der Waals surface area contributed by atoms with Crippen LogP contribution in [0.1, 0.15) is 16.7 Å². The van der Waals surface area contributed by atoms with Crippen LogP contribution in [0.5, 0.6) is 0 Å². The fraction of sp³-hybridized carbons (Fsp3) is 0.100. The molecule has 0 saturated heterocycles. The summed E-state index contributed by atoms with van der Waals surface area (Å²) in [5.41, 5.74) is 12.4. The van der Waals surface area contributed by atoms with Crippen molar-refractivity contribution in [3.63, 3.8) is 0 Å². The number of halogens is 1. The monoisotopic (exact) mass is 377 g/mol. The first kappa shape index (κ1) is 16.2. The number of nitrogens with two attached hydrogens (primary N) is 1. The molecule has 0 unspecified atom stereocenters. The predicted octanol–water partition coefficient (Wildman–Crippen LogP) is 5.25. The van der Waals surface area contributed by atoms with Gasteiger partial charge in [0.2, 0.25) is 0 Å². The van der Waals surface area contributed by atoms with Gasteiger partial charge >= 0.3 is 0 Å². The lowest BCUT2D eigenvalue weighted by Gasteiger charge is -2.12. The summed E-state index contributed by atoms with van der Waals surface area (Å²) >= 11 is 3.43. The van der Waals surface area contributed by atoms with Gasteiger partial charge in [0, 0.05) is 15.6 Å². The van der Waals surface area contributed by atoms with Crippen LogP contribution in [0.25, 0.3) is 22.4 Å². The van der Waals surface area contributed by atoms with Crippen LogP contribution in [-0.2, 0) is 0 Å². The van der Waals surface area contributed by atoms with Gasteiger partial charge in [0.05, 0.1) is 5.69 Å². The first-order valence-corrected chi connectivity index (χ1v) is 8.33. The highest BCUT2D eigenvalue weighted by atomic mass is 79.9. The Morgan fingerprint density at radius 3 is 2.33 bits per heavy atom. The zero-order valence-corrected chi connectivity index (χ0v) is 15.1. The van der Waals surface area contributed by atoms with Crippen LogP contribution in [-0.4, -0.2) is 4.98 Å². The average molecular weight is 378 g/mol. The second-order valence-electron chi connectivity index (χ2n) is 5.75. The summed E-state index contributed by atoms with van der Waals surface area (Å²) in [4.78, 5) is 4.45. The van der Waals surface area contributed by atoms with Crippen molar-refractivity contribution in [3.8, 4) is 28.5 Å². The Kier molecular flexibility index (Phi) is 4.37. The number of aryl methyl sites for hydroxylation is 2. The molecule has 0 saturated carbocycles. The van der Waals surface area contributed by atoms with E-state index in [4.69, 9.17) is 5.73 Å². The minimum absolute atomic E-state index is 0.257. The number of benzene rings is 2. The molecule has 4 heteroatoms. The van der Waals surface area contributed by atoms with E-state index in [1.54, 1.807) is 0 Å². The number of nitriles is 1. The minimum Gasteiger partial charge on any atom is -0.383 e. The number of aromatic nitrogens is 1. The van der Waals surface area contributed by atoms with Gasteiger partial charge in [0.25, 0.3) is 0 Å². The number of hydrogen-bond acceptors (Lipinski definition) is 3. The second kappa shape index (κ2) is 6.46. The van der Waals surface area contributed by atoms with E-state index >= 15 is 0 Å². The Hall–Kier alpha value is -2.64. The van der Waals surface area contributed by atoms with Crippen molar-refractivity contribution in [3.05, 3.63) is 69.7 Å². The summed E-state index contributed by atoms with van der Waals surface area (Å²) in [7, 11) is 0. The summed E-state index contributed by atoms with van der Waals surface area (Å²) in [6.07, 6.45) is 0. The van der Waals surface area contributed by atoms with E-state index in [0.717, 1.165) is 32.4 Å². The van der Waals surface area contributed by atoms with Crippen LogP contribution in [0, 0.1) is 25.2 Å². The molecule has 1 aromatic heterocycles. The SMILES string of the molecule is Cc1ccc(-c2cc(-c3ccc(Br)cc3)c(C#N)c(N)n2)c(C)c1. The molecule has 0 amide bonds. The molecule has 3 aromatic rings. The van der Waals surface area contributed by atoms with Crippen LogP contribution in [0.2, 0.25) is 0 Å². The highest BCUT2D eigenvalue weighted by molar-refractivity contribution is 9.10. The maximum absolute atomic E-state index is 9.49. The van der Waals surface area contributed by atoms with Gasteiger partial charge in [-0.15, -0.1) is 0 Å². The molecule has 0 bridgehead atoms. The third-order valence-electron chi connectivity index (χ3n) is 3.97. The maximum atomic E-state index is 9.49. The van der Waals surface area contributed by atoms with E-state index in [1.165, 1.54) is 5.56 Å². The molecule has 24 heavy (non-hydrogen) atoms. The quantitative estimate of drug-likeness (QED) is 0.663. The lowest BCUT2D eigenvalue weighted by atomic mass is 9.96. The number of nitrogens with zero attached hydrogens (tertiary/aromatic N) is 2.